The molecule has 1 unspecified atom stereocenters. The van der Waals surface area contributed by atoms with E-state index in [1.54, 1.807) is 13.8 Å². The highest BCUT2D eigenvalue weighted by Gasteiger charge is 2.30. The van der Waals surface area contributed by atoms with Crippen molar-refractivity contribution in [3.8, 4) is 0 Å². The van der Waals surface area contributed by atoms with Gasteiger partial charge in [0.2, 0.25) is 5.91 Å². The van der Waals surface area contributed by atoms with Crippen molar-refractivity contribution in [1.82, 2.24) is 5.32 Å². The third kappa shape index (κ3) is 4.31. The summed E-state index contributed by atoms with van der Waals surface area (Å²) in [4.78, 5) is 12.2. The van der Waals surface area contributed by atoms with Crippen LogP contribution in [0.2, 0.25) is 0 Å². The van der Waals surface area contributed by atoms with Crippen molar-refractivity contribution in [2.45, 2.75) is 33.1 Å². The molecule has 1 rings (SSSR count). The zero-order valence-corrected chi connectivity index (χ0v) is 12.6. The first kappa shape index (κ1) is 15.6. The van der Waals surface area contributed by atoms with E-state index in [-0.39, 0.29) is 10.9 Å². The molecule has 0 aliphatic rings. The number of thiocarbonyl (C=S) groups is 1. The van der Waals surface area contributed by atoms with Crippen molar-refractivity contribution >= 4 is 23.1 Å². The predicted molar refractivity (Wildman–Crippen MR) is 83.1 cm³/mol. The molecule has 0 heterocycles. The maximum Gasteiger partial charge on any atom is 0.232 e. The Morgan fingerprint density at radius 3 is 2.47 bits per heavy atom. The molecule has 1 aromatic carbocycles. The topological polar surface area (TPSA) is 55.1 Å². The third-order valence-electron chi connectivity index (χ3n) is 3.42. The summed E-state index contributed by atoms with van der Waals surface area (Å²) in [7, 11) is 0. The molecule has 0 aliphatic heterocycles. The van der Waals surface area contributed by atoms with Crippen LogP contribution in [0.4, 0.5) is 0 Å². The molecular formula is C15H22N2OS. The highest BCUT2D eigenvalue weighted by Crippen LogP contribution is 2.19. The van der Waals surface area contributed by atoms with Crippen LogP contribution in [0.1, 0.15) is 38.7 Å². The predicted octanol–water partition coefficient (Wildman–Crippen LogP) is 2.61. The average Bonchev–Trinajstić information content (AvgIpc) is 2.39. The van der Waals surface area contributed by atoms with Gasteiger partial charge in [0.25, 0.3) is 0 Å². The van der Waals surface area contributed by atoms with E-state index in [0.717, 1.165) is 6.42 Å². The number of rotatable bonds is 6. The summed E-state index contributed by atoms with van der Waals surface area (Å²) in [5, 5.41) is 2.90. The van der Waals surface area contributed by atoms with Gasteiger partial charge in [-0.1, -0.05) is 49.5 Å². The van der Waals surface area contributed by atoms with Crippen LogP contribution in [0.5, 0.6) is 0 Å². The van der Waals surface area contributed by atoms with Crippen LogP contribution in [-0.2, 0) is 4.79 Å². The van der Waals surface area contributed by atoms with E-state index in [1.165, 1.54) is 5.56 Å². The quantitative estimate of drug-likeness (QED) is 0.786. The van der Waals surface area contributed by atoms with Crippen molar-refractivity contribution in [2.24, 2.45) is 11.1 Å². The second-order valence-electron chi connectivity index (χ2n) is 5.35. The number of nitrogens with two attached hydrogens (primary N) is 1. The van der Waals surface area contributed by atoms with Crippen molar-refractivity contribution in [3.63, 3.8) is 0 Å². The standard InChI is InChI=1S/C15H22N2OS/c1-11(12-7-5-4-6-8-12)9-10-17-14(18)15(2,3)13(16)19/h4-8,11H,9-10H2,1-3H3,(H2,16,19)(H,17,18). The van der Waals surface area contributed by atoms with E-state index in [4.69, 9.17) is 18.0 Å². The third-order valence-corrected chi connectivity index (χ3v) is 3.93. The highest BCUT2D eigenvalue weighted by molar-refractivity contribution is 7.80. The minimum Gasteiger partial charge on any atom is -0.392 e. The van der Waals surface area contributed by atoms with E-state index >= 15 is 0 Å². The monoisotopic (exact) mass is 278 g/mol. The van der Waals surface area contributed by atoms with Gasteiger partial charge in [-0.2, -0.15) is 0 Å². The normalized spacial score (nSPS) is 12.8. The zero-order chi connectivity index (χ0) is 14.5. The van der Waals surface area contributed by atoms with Gasteiger partial charge in [-0.3, -0.25) is 4.79 Å². The Kier molecular flexibility index (Phi) is 5.48. The zero-order valence-electron chi connectivity index (χ0n) is 11.8. The van der Waals surface area contributed by atoms with Crippen LogP contribution < -0.4 is 11.1 Å². The maximum absolute atomic E-state index is 11.9. The minimum atomic E-state index is -0.786. The maximum atomic E-state index is 11.9. The number of benzene rings is 1. The largest absolute Gasteiger partial charge is 0.392 e. The van der Waals surface area contributed by atoms with Crippen LogP contribution in [0.25, 0.3) is 0 Å². The van der Waals surface area contributed by atoms with Gasteiger partial charge in [0.05, 0.1) is 10.4 Å². The molecule has 0 spiro atoms. The van der Waals surface area contributed by atoms with E-state index < -0.39 is 5.41 Å². The number of nitrogens with one attached hydrogen (secondary N) is 1. The van der Waals surface area contributed by atoms with Gasteiger partial charge in [0.15, 0.2) is 0 Å². The second-order valence-corrected chi connectivity index (χ2v) is 5.79. The first-order chi connectivity index (χ1) is 8.85. The Bertz CT molecular complexity index is 443. The molecule has 1 aromatic rings. The number of carbonyl (C=O) groups is 1. The molecule has 0 radical (unpaired) electrons. The first-order valence-electron chi connectivity index (χ1n) is 6.49. The van der Waals surface area contributed by atoms with Crippen LogP contribution in [-0.4, -0.2) is 17.4 Å². The van der Waals surface area contributed by atoms with Crippen molar-refractivity contribution in [3.05, 3.63) is 35.9 Å². The molecular weight excluding hydrogens is 256 g/mol. The molecule has 0 saturated carbocycles. The number of hydrogen-bond acceptors (Lipinski definition) is 2. The Hall–Kier alpha value is -1.42. The van der Waals surface area contributed by atoms with Gasteiger partial charge in [0, 0.05) is 6.54 Å². The van der Waals surface area contributed by atoms with Gasteiger partial charge in [0.1, 0.15) is 0 Å². The van der Waals surface area contributed by atoms with Crippen LogP contribution >= 0.6 is 12.2 Å². The molecule has 19 heavy (non-hydrogen) atoms. The lowest BCUT2D eigenvalue weighted by molar-refractivity contribution is -0.126. The minimum absolute atomic E-state index is 0.111. The second kappa shape index (κ2) is 6.66. The molecule has 0 bridgehead atoms. The summed E-state index contributed by atoms with van der Waals surface area (Å²) in [5.74, 6) is 0.301. The molecule has 3 nitrogen and oxygen atoms in total. The summed E-state index contributed by atoms with van der Waals surface area (Å²) < 4.78 is 0. The Morgan fingerprint density at radius 1 is 1.37 bits per heavy atom. The van der Waals surface area contributed by atoms with Crippen molar-refractivity contribution in [1.29, 1.82) is 0 Å². The lowest BCUT2D eigenvalue weighted by Gasteiger charge is -2.22. The van der Waals surface area contributed by atoms with Gasteiger partial charge in [-0.25, -0.2) is 0 Å². The summed E-state index contributed by atoms with van der Waals surface area (Å²) in [6.45, 7) is 6.26. The van der Waals surface area contributed by atoms with Gasteiger partial charge in [-0.05, 0) is 31.7 Å². The van der Waals surface area contributed by atoms with Crippen LogP contribution in [0.3, 0.4) is 0 Å². The van der Waals surface area contributed by atoms with Gasteiger partial charge >= 0.3 is 0 Å². The Morgan fingerprint density at radius 2 is 1.95 bits per heavy atom. The number of carbonyl (C=O) groups excluding carboxylic acids is 1. The molecule has 0 aromatic heterocycles. The fourth-order valence-electron chi connectivity index (χ4n) is 1.68. The van der Waals surface area contributed by atoms with Crippen LogP contribution in [0.15, 0.2) is 30.3 Å². The number of hydrogen-bond donors (Lipinski definition) is 2. The molecule has 3 N–H and O–H groups in total. The molecule has 4 heteroatoms. The average molecular weight is 278 g/mol. The van der Waals surface area contributed by atoms with E-state index in [0.29, 0.717) is 12.5 Å². The van der Waals surface area contributed by atoms with Gasteiger partial charge in [-0.15, -0.1) is 0 Å². The van der Waals surface area contributed by atoms with E-state index in [2.05, 4.69) is 24.4 Å². The fraction of sp³-hybridized carbons (Fsp3) is 0.467. The summed E-state index contributed by atoms with van der Waals surface area (Å²) in [5.41, 5.74) is 6.06. The van der Waals surface area contributed by atoms with E-state index in [9.17, 15) is 4.79 Å². The van der Waals surface area contributed by atoms with Crippen LogP contribution in [0, 0.1) is 5.41 Å². The molecule has 1 atom stereocenters. The van der Waals surface area contributed by atoms with Crippen molar-refractivity contribution < 1.29 is 4.79 Å². The summed E-state index contributed by atoms with van der Waals surface area (Å²) in [6, 6.07) is 10.3. The SMILES string of the molecule is CC(CCNC(=O)C(C)(C)C(N)=S)c1ccccc1. The summed E-state index contributed by atoms with van der Waals surface area (Å²) >= 11 is 4.90. The molecule has 1 amide bonds. The number of amides is 1. The van der Waals surface area contributed by atoms with Gasteiger partial charge < -0.3 is 11.1 Å². The smallest absolute Gasteiger partial charge is 0.232 e. The Labute approximate surface area is 120 Å². The first-order valence-corrected chi connectivity index (χ1v) is 6.89. The highest BCUT2D eigenvalue weighted by atomic mass is 32.1. The fourth-order valence-corrected chi connectivity index (χ4v) is 1.78. The lowest BCUT2D eigenvalue weighted by atomic mass is 9.92. The molecule has 0 saturated heterocycles. The van der Waals surface area contributed by atoms with E-state index in [1.807, 2.05) is 18.2 Å². The molecule has 104 valence electrons. The lowest BCUT2D eigenvalue weighted by Crippen LogP contribution is -2.45. The molecule has 0 aliphatic carbocycles. The van der Waals surface area contributed by atoms with Crippen molar-refractivity contribution in [2.75, 3.05) is 6.54 Å². The Balaban J connectivity index is 2.43. The summed E-state index contributed by atoms with van der Waals surface area (Å²) in [6.07, 6.45) is 0.892. The molecule has 0 fully saturated rings.